The van der Waals surface area contributed by atoms with Gasteiger partial charge in [0.25, 0.3) is 0 Å². The molecule has 1 aliphatic heterocycles. The van der Waals surface area contributed by atoms with E-state index in [0.29, 0.717) is 17.2 Å². The number of aromatic nitrogens is 3. The van der Waals surface area contributed by atoms with Gasteiger partial charge in [0.05, 0.1) is 5.52 Å². The average Bonchev–Trinajstić information content (AvgIpc) is 3.13. The maximum atomic E-state index is 12.4. The zero-order valence-electron chi connectivity index (χ0n) is 14.7. The molecule has 1 saturated heterocycles. The number of benzene rings is 1. The highest BCUT2D eigenvalue weighted by Gasteiger charge is 2.31. The lowest BCUT2D eigenvalue weighted by molar-refractivity contribution is -0.274. The van der Waals surface area contributed by atoms with Crippen molar-refractivity contribution in [1.82, 2.24) is 19.9 Å². The average molecular weight is 393 g/mol. The van der Waals surface area contributed by atoms with Crippen LogP contribution < -0.4 is 15.4 Å². The quantitative estimate of drug-likeness (QED) is 0.632. The Labute approximate surface area is 158 Å². The van der Waals surface area contributed by atoms with Crippen LogP contribution in [0.1, 0.15) is 12.8 Å². The number of anilines is 1. The van der Waals surface area contributed by atoms with Crippen molar-refractivity contribution in [3.8, 4) is 22.8 Å². The first-order valence-electron chi connectivity index (χ1n) is 8.81. The minimum Gasteiger partial charge on any atom is -0.507 e. The fourth-order valence-corrected chi connectivity index (χ4v) is 3.31. The van der Waals surface area contributed by atoms with Crippen molar-refractivity contribution in [3.63, 3.8) is 0 Å². The molecule has 10 heteroatoms. The minimum absolute atomic E-state index is 0.228. The summed E-state index contributed by atoms with van der Waals surface area (Å²) in [7, 11) is 0. The minimum atomic E-state index is -4.83. The predicted molar refractivity (Wildman–Crippen MR) is 96.3 cm³/mol. The highest BCUT2D eigenvalue weighted by molar-refractivity contribution is 5.81. The number of hydrogen-bond donors (Lipinski definition) is 3. The summed E-state index contributed by atoms with van der Waals surface area (Å²) in [6, 6.07) is 7.20. The topological polar surface area (TPSA) is 83.7 Å². The van der Waals surface area contributed by atoms with Gasteiger partial charge in [-0.15, -0.1) is 23.4 Å². The molecule has 4 rings (SSSR count). The van der Waals surface area contributed by atoms with Crippen LogP contribution in [0.4, 0.5) is 19.1 Å². The molecule has 1 aliphatic rings. The number of rotatable bonds is 4. The molecule has 148 valence electrons. The molecule has 3 N–H and O–H groups in total. The van der Waals surface area contributed by atoms with Crippen LogP contribution in [0.2, 0.25) is 0 Å². The second kappa shape index (κ2) is 7.19. The van der Waals surface area contributed by atoms with Crippen molar-refractivity contribution in [2.24, 2.45) is 0 Å². The third-order valence-corrected chi connectivity index (χ3v) is 4.55. The van der Waals surface area contributed by atoms with Crippen LogP contribution in [0, 0.1) is 0 Å². The van der Waals surface area contributed by atoms with Gasteiger partial charge in [0.15, 0.2) is 0 Å². The number of aromatic hydroxyl groups is 1. The van der Waals surface area contributed by atoms with E-state index < -0.39 is 12.1 Å². The van der Waals surface area contributed by atoms with E-state index >= 15 is 0 Å². The van der Waals surface area contributed by atoms with Crippen LogP contribution in [0.3, 0.4) is 0 Å². The predicted octanol–water partition coefficient (Wildman–Crippen LogP) is 3.16. The van der Waals surface area contributed by atoms with Gasteiger partial charge in [-0.2, -0.15) is 0 Å². The van der Waals surface area contributed by atoms with Gasteiger partial charge in [0, 0.05) is 30.4 Å². The fourth-order valence-electron chi connectivity index (χ4n) is 3.31. The van der Waals surface area contributed by atoms with E-state index in [1.165, 1.54) is 6.07 Å². The SMILES string of the molecule is Oc1cc(OC(F)(F)F)ccc1-c1nnc(N[C@@H]2CCCNC2)n2cccc12. The summed E-state index contributed by atoms with van der Waals surface area (Å²) >= 11 is 0. The molecule has 0 spiro atoms. The maximum absolute atomic E-state index is 12.4. The van der Waals surface area contributed by atoms with Gasteiger partial charge in [-0.25, -0.2) is 0 Å². The van der Waals surface area contributed by atoms with Crippen LogP contribution in [0.25, 0.3) is 16.8 Å². The van der Waals surface area contributed by atoms with E-state index in [-0.39, 0.29) is 17.4 Å². The maximum Gasteiger partial charge on any atom is 0.573 e. The highest BCUT2D eigenvalue weighted by atomic mass is 19.4. The van der Waals surface area contributed by atoms with Gasteiger partial charge < -0.3 is 20.5 Å². The molecule has 0 bridgehead atoms. The van der Waals surface area contributed by atoms with Crippen LogP contribution in [0.5, 0.6) is 11.5 Å². The molecule has 0 unspecified atom stereocenters. The Kier molecular flexibility index (Phi) is 4.71. The number of phenols is 1. The first-order valence-corrected chi connectivity index (χ1v) is 8.81. The Morgan fingerprint density at radius 3 is 2.82 bits per heavy atom. The van der Waals surface area contributed by atoms with Crippen molar-refractivity contribution in [3.05, 3.63) is 36.5 Å². The third-order valence-electron chi connectivity index (χ3n) is 4.55. The standard InChI is InChI=1S/C18H18F3N5O2/c19-18(20,21)28-12-5-6-13(15(27)9-12)16-14-4-2-8-26(14)17(25-24-16)23-11-3-1-7-22-10-11/h2,4-6,8-9,11,22,27H,1,3,7,10H2,(H,23,25)/t11-/m1/s1. The number of nitrogens with zero attached hydrogens (tertiary/aromatic N) is 3. The van der Waals surface area contributed by atoms with E-state index in [9.17, 15) is 18.3 Å². The Morgan fingerprint density at radius 2 is 2.11 bits per heavy atom. The summed E-state index contributed by atoms with van der Waals surface area (Å²) < 4.78 is 42.7. The zero-order chi connectivity index (χ0) is 19.7. The Bertz CT molecular complexity index is 983. The summed E-state index contributed by atoms with van der Waals surface area (Å²) in [6.45, 7) is 1.82. The molecule has 3 heterocycles. The van der Waals surface area contributed by atoms with Gasteiger partial charge in [0.1, 0.15) is 17.2 Å². The highest BCUT2D eigenvalue weighted by Crippen LogP contribution is 2.35. The van der Waals surface area contributed by atoms with Gasteiger partial charge in [-0.05, 0) is 43.7 Å². The number of phenolic OH excluding ortho intramolecular Hbond substituents is 1. The van der Waals surface area contributed by atoms with Crippen LogP contribution >= 0.6 is 0 Å². The normalized spacial score (nSPS) is 17.6. The van der Waals surface area contributed by atoms with Gasteiger partial charge in [-0.3, -0.25) is 4.40 Å². The monoisotopic (exact) mass is 393 g/mol. The third kappa shape index (κ3) is 3.81. The summed E-state index contributed by atoms with van der Waals surface area (Å²) in [6.07, 6.45) is -0.937. The molecule has 1 aromatic carbocycles. The van der Waals surface area contributed by atoms with E-state index in [4.69, 9.17) is 0 Å². The van der Waals surface area contributed by atoms with E-state index in [2.05, 4.69) is 25.6 Å². The van der Waals surface area contributed by atoms with Crippen LogP contribution in [0.15, 0.2) is 36.5 Å². The second-order valence-corrected chi connectivity index (χ2v) is 6.55. The van der Waals surface area contributed by atoms with Gasteiger partial charge in [0.2, 0.25) is 5.95 Å². The van der Waals surface area contributed by atoms with E-state index in [1.54, 1.807) is 10.5 Å². The Morgan fingerprint density at radius 1 is 1.25 bits per heavy atom. The molecule has 0 aliphatic carbocycles. The molecule has 0 radical (unpaired) electrons. The Balaban J connectivity index is 1.66. The van der Waals surface area contributed by atoms with Gasteiger partial charge in [-0.1, -0.05) is 0 Å². The number of hydrogen-bond acceptors (Lipinski definition) is 6. The number of fused-ring (bicyclic) bond motifs is 1. The first-order chi connectivity index (χ1) is 13.4. The lowest BCUT2D eigenvalue weighted by Crippen LogP contribution is -2.39. The smallest absolute Gasteiger partial charge is 0.507 e. The molecule has 7 nitrogen and oxygen atoms in total. The second-order valence-electron chi connectivity index (χ2n) is 6.55. The molecule has 2 aromatic heterocycles. The number of nitrogens with one attached hydrogen (secondary N) is 2. The van der Waals surface area contributed by atoms with E-state index in [0.717, 1.165) is 38.1 Å². The number of ether oxygens (including phenoxy) is 1. The molecule has 0 amide bonds. The lowest BCUT2D eigenvalue weighted by atomic mass is 10.1. The summed E-state index contributed by atoms with van der Waals surface area (Å²) in [4.78, 5) is 0. The molecule has 28 heavy (non-hydrogen) atoms. The van der Waals surface area contributed by atoms with Crippen LogP contribution in [-0.2, 0) is 0 Å². The fraction of sp³-hybridized carbons (Fsp3) is 0.333. The largest absolute Gasteiger partial charge is 0.573 e. The van der Waals surface area contributed by atoms with E-state index in [1.807, 2.05) is 12.3 Å². The zero-order valence-corrected chi connectivity index (χ0v) is 14.7. The van der Waals surface area contributed by atoms with Crippen molar-refractivity contribution in [1.29, 1.82) is 0 Å². The van der Waals surface area contributed by atoms with Gasteiger partial charge >= 0.3 is 6.36 Å². The van der Waals surface area contributed by atoms with Crippen molar-refractivity contribution in [2.45, 2.75) is 25.2 Å². The molecule has 1 atom stereocenters. The summed E-state index contributed by atoms with van der Waals surface area (Å²) in [5, 5.41) is 25.3. The molecular weight excluding hydrogens is 375 g/mol. The molecular formula is C18H18F3N5O2. The number of alkyl halides is 3. The summed E-state index contributed by atoms with van der Waals surface area (Å²) in [5.74, 6) is -0.318. The van der Waals surface area contributed by atoms with Crippen molar-refractivity contribution in [2.75, 3.05) is 18.4 Å². The first kappa shape index (κ1) is 18.4. The van der Waals surface area contributed by atoms with Crippen molar-refractivity contribution < 1.29 is 23.0 Å². The molecule has 1 fully saturated rings. The van der Waals surface area contributed by atoms with Crippen LogP contribution in [-0.4, -0.2) is 45.2 Å². The summed E-state index contributed by atoms with van der Waals surface area (Å²) in [5.41, 5.74) is 1.28. The number of piperidine rings is 1. The number of halogens is 3. The molecule has 3 aromatic rings. The molecule has 0 saturated carbocycles. The lowest BCUT2D eigenvalue weighted by Gasteiger charge is -2.24. The Hall–Kier alpha value is -3.01. The van der Waals surface area contributed by atoms with Crippen molar-refractivity contribution >= 4 is 11.5 Å².